The molecule has 0 aliphatic carbocycles. The van der Waals surface area contributed by atoms with Crippen molar-refractivity contribution in [3.8, 4) is 0 Å². The Kier molecular flexibility index (Phi) is 16.4. The Labute approximate surface area is 138 Å². The lowest BCUT2D eigenvalue weighted by Gasteiger charge is -2.08. The Balaban J connectivity index is 3.25. The second-order valence-corrected chi connectivity index (χ2v) is 6.89. The van der Waals surface area contributed by atoms with Gasteiger partial charge in [0.15, 0.2) is 0 Å². The Hall–Kier alpha value is -0.530. The summed E-state index contributed by atoms with van der Waals surface area (Å²) in [6.07, 6.45) is 17.2. The lowest BCUT2D eigenvalue weighted by molar-refractivity contribution is 0.146. The summed E-state index contributed by atoms with van der Waals surface area (Å²) in [5.74, 6) is 0.726. The van der Waals surface area contributed by atoms with E-state index in [1.807, 2.05) is 6.08 Å². The number of unbranched alkanes of at least 4 members (excludes halogenated alkanes) is 8. The van der Waals surface area contributed by atoms with Gasteiger partial charge in [-0.05, 0) is 31.3 Å². The van der Waals surface area contributed by atoms with E-state index in [9.17, 15) is 4.39 Å². The Morgan fingerprint density at radius 1 is 0.864 bits per heavy atom. The van der Waals surface area contributed by atoms with Crippen LogP contribution >= 0.6 is 0 Å². The van der Waals surface area contributed by atoms with Gasteiger partial charge in [0, 0.05) is 0 Å². The predicted octanol–water partition coefficient (Wildman–Crippen LogP) is 7.21. The molecule has 0 aromatic rings. The highest BCUT2D eigenvalue weighted by molar-refractivity contribution is 4.74. The zero-order chi connectivity index (χ0) is 16.5. The lowest BCUT2D eigenvalue weighted by Crippen LogP contribution is -2.07. The number of allylic oxidation sites excluding steroid dienone is 1. The molecule has 0 aromatic carbocycles. The number of hydrogen-bond acceptors (Lipinski definition) is 1. The molecule has 22 heavy (non-hydrogen) atoms. The normalized spacial score (nSPS) is 13.1. The molecule has 0 unspecified atom stereocenters. The van der Waals surface area contributed by atoms with E-state index in [2.05, 4.69) is 20.8 Å². The number of ether oxygens (including phenoxy) is 1. The van der Waals surface area contributed by atoms with Crippen molar-refractivity contribution in [1.82, 2.24) is 0 Å². The van der Waals surface area contributed by atoms with Crippen LogP contribution in [0.3, 0.4) is 0 Å². The minimum absolute atomic E-state index is 0.217. The molecule has 0 N–H and O–H groups in total. The highest BCUT2D eigenvalue weighted by Crippen LogP contribution is 2.12. The van der Waals surface area contributed by atoms with Crippen LogP contribution in [-0.2, 0) is 4.74 Å². The van der Waals surface area contributed by atoms with Crippen molar-refractivity contribution in [2.75, 3.05) is 6.61 Å². The molecule has 0 aliphatic rings. The monoisotopic (exact) mass is 314 g/mol. The molecular formula is C20H39FO. The minimum atomic E-state index is -0.810. The van der Waals surface area contributed by atoms with Crippen LogP contribution in [0.15, 0.2) is 12.3 Å². The summed E-state index contributed by atoms with van der Waals surface area (Å²) < 4.78 is 18.8. The maximum atomic E-state index is 13.5. The molecule has 0 saturated carbocycles. The van der Waals surface area contributed by atoms with E-state index >= 15 is 0 Å². The first-order valence-electron chi connectivity index (χ1n) is 9.57. The van der Waals surface area contributed by atoms with Gasteiger partial charge < -0.3 is 4.74 Å². The van der Waals surface area contributed by atoms with Crippen LogP contribution in [-0.4, -0.2) is 12.8 Å². The molecular weight excluding hydrogens is 275 g/mol. The van der Waals surface area contributed by atoms with Crippen LogP contribution in [0.5, 0.6) is 0 Å². The van der Waals surface area contributed by atoms with Crippen molar-refractivity contribution in [1.29, 1.82) is 0 Å². The summed E-state index contributed by atoms with van der Waals surface area (Å²) in [5, 5.41) is 0. The Morgan fingerprint density at radius 3 is 2.18 bits per heavy atom. The van der Waals surface area contributed by atoms with Gasteiger partial charge in [-0.2, -0.15) is 0 Å². The second-order valence-electron chi connectivity index (χ2n) is 6.89. The third-order valence-electron chi connectivity index (χ3n) is 3.99. The van der Waals surface area contributed by atoms with E-state index in [1.54, 1.807) is 6.26 Å². The van der Waals surface area contributed by atoms with Crippen LogP contribution in [0.4, 0.5) is 4.39 Å². The summed E-state index contributed by atoms with van der Waals surface area (Å²) in [6.45, 7) is 6.89. The van der Waals surface area contributed by atoms with Crippen molar-refractivity contribution >= 4 is 0 Å². The standard InChI is InChI=1S/C20H39FO/c1-4-5-6-7-8-9-10-11-14-17-22-18-20(21)16-13-12-15-19(2)3/h14,17,19-20H,4-13,15-16,18H2,1-3H3/b17-14+/t20-/m0/s1. The number of alkyl halides is 1. The molecule has 0 amide bonds. The first-order valence-corrected chi connectivity index (χ1v) is 9.57. The van der Waals surface area contributed by atoms with Crippen LogP contribution in [0, 0.1) is 5.92 Å². The van der Waals surface area contributed by atoms with Gasteiger partial charge in [0.25, 0.3) is 0 Å². The van der Waals surface area contributed by atoms with Gasteiger partial charge in [-0.1, -0.05) is 78.6 Å². The number of rotatable bonds is 16. The van der Waals surface area contributed by atoms with Crippen LogP contribution in [0.25, 0.3) is 0 Å². The second kappa shape index (κ2) is 16.8. The lowest BCUT2D eigenvalue weighted by atomic mass is 10.0. The molecule has 1 nitrogen and oxygen atoms in total. The molecule has 0 heterocycles. The largest absolute Gasteiger partial charge is 0.499 e. The van der Waals surface area contributed by atoms with Gasteiger partial charge in [0.1, 0.15) is 12.8 Å². The predicted molar refractivity (Wildman–Crippen MR) is 95.9 cm³/mol. The van der Waals surface area contributed by atoms with Gasteiger partial charge in [0.05, 0.1) is 6.26 Å². The maximum absolute atomic E-state index is 13.5. The van der Waals surface area contributed by atoms with Crippen molar-refractivity contribution in [2.45, 2.75) is 104 Å². The number of halogens is 1. The highest BCUT2D eigenvalue weighted by atomic mass is 19.1. The summed E-state index contributed by atoms with van der Waals surface area (Å²) in [7, 11) is 0. The van der Waals surface area contributed by atoms with Crippen LogP contribution in [0.2, 0.25) is 0 Å². The van der Waals surface area contributed by atoms with Gasteiger partial charge >= 0.3 is 0 Å². The zero-order valence-corrected chi connectivity index (χ0v) is 15.3. The van der Waals surface area contributed by atoms with Crippen molar-refractivity contribution in [3.05, 3.63) is 12.3 Å². The minimum Gasteiger partial charge on any atom is -0.499 e. The SMILES string of the molecule is CCCCCCCCC/C=C/OC[C@@H](F)CCCCC(C)C. The Morgan fingerprint density at radius 2 is 1.50 bits per heavy atom. The molecule has 1 atom stereocenters. The van der Waals surface area contributed by atoms with Gasteiger partial charge in [0.2, 0.25) is 0 Å². The van der Waals surface area contributed by atoms with Gasteiger partial charge in [-0.25, -0.2) is 4.39 Å². The fourth-order valence-electron chi connectivity index (χ4n) is 2.52. The molecule has 0 aliphatic heterocycles. The van der Waals surface area contributed by atoms with E-state index in [1.165, 1.54) is 51.4 Å². The summed E-state index contributed by atoms with van der Waals surface area (Å²) in [4.78, 5) is 0. The molecule has 0 saturated heterocycles. The first-order chi connectivity index (χ1) is 10.7. The molecule has 2 heteroatoms. The van der Waals surface area contributed by atoms with Crippen molar-refractivity contribution in [2.24, 2.45) is 5.92 Å². The molecule has 0 fully saturated rings. The number of hydrogen-bond donors (Lipinski definition) is 0. The summed E-state index contributed by atoms with van der Waals surface area (Å²) in [5.41, 5.74) is 0. The van der Waals surface area contributed by atoms with Crippen LogP contribution < -0.4 is 0 Å². The average molecular weight is 315 g/mol. The molecule has 0 bridgehead atoms. The van der Waals surface area contributed by atoms with E-state index in [0.717, 1.165) is 25.2 Å². The third-order valence-corrected chi connectivity index (χ3v) is 3.99. The fraction of sp³-hybridized carbons (Fsp3) is 0.900. The van der Waals surface area contributed by atoms with Crippen molar-refractivity contribution in [3.63, 3.8) is 0 Å². The first kappa shape index (κ1) is 21.5. The van der Waals surface area contributed by atoms with Crippen molar-refractivity contribution < 1.29 is 9.13 Å². The maximum Gasteiger partial charge on any atom is 0.134 e. The Bertz CT molecular complexity index is 238. The molecule has 132 valence electrons. The molecule has 0 rings (SSSR count). The van der Waals surface area contributed by atoms with Crippen LogP contribution in [0.1, 0.15) is 97.8 Å². The summed E-state index contributed by atoms with van der Waals surface area (Å²) in [6, 6.07) is 0. The third kappa shape index (κ3) is 17.5. The van der Waals surface area contributed by atoms with Gasteiger partial charge in [-0.3, -0.25) is 0 Å². The van der Waals surface area contributed by atoms with Gasteiger partial charge in [-0.15, -0.1) is 0 Å². The average Bonchev–Trinajstić information content (AvgIpc) is 2.49. The molecule has 0 spiro atoms. The quantitative estimate of drug-likeness (QED) is 0.216. The van der Waals surface area contributed by atoms with E-state index in [-0.39, 0.29) is 6.61 Å². The molecule has 0 aromatic heterocycles. The molecule has 0 radical (unpaired) electrons. The van der Waals surface area contributed by atoms with E-state index in [4.69, 9.17) is 4.74 Å². The smallest absolute Gasteiger partial charge is 0.134 e. The summed E-state index contributed by atoms with van der Waals surface area (Å²) >= 11 is 0. The highest BCUT2D eigenvalue weighted by Gasteiger charge is 2.05. The topological polar surface area (TPSA) is 9.23 Å². The zero-order valence-electron chi connectivity index (χ0n) is 15.3. The van der Waals surface area contributed by atoms with E-state index in [0.29, 0.717) is 6.42 Å². The van der Waals surface area contributed by atoms with E-state index < -0.39 is 6.17 Å². The fourth-order valence-corrected chi connectivity index (χ4v) is 2.52.